The highest BCUT2D eigenvalue weighted by atomic mass is 32.2. The lowest BCUT2D eigenvalue weighted by atomic mass is 10.1. The molecule has 3 aliphatic rings. The van der Waals surface area contributed by atoms with Crippen molar-refractivity contribution in [1.82, 2.24) is 15.5 Å². The molecule has 1 unspecified atom stereocenters. The van der Waals surface area contributed by atoms with Crippen molar-refractivity contribution >= 4 is 29.5 Å². The standard InChI is InChI=1S/C22H21N3O6S/c26-19(25-12-22(24-7-8-30-22)10-14(25)21(28)29)11-23-20(27)13-5-6-18-16(9-13)31-15-3-1-2-4-17(15)32-18/h1-6,9,14,24H,7-8,10-12H2,(H,23,27)(H,28,29)/t14-,22?/m0/s1. The predicted octanol–water partition coefficient (Wildman–Crippen LogP) is 1.67. The van der Waals surface area contributed by atoms with E-state index in [4.69, 9.17) is 9.47 Å². The van der Waals surface area contributed by atoms with Crippen LogP contribution in [0.1, 0.15) is 16.8 Å². The molecule has 9 nitrogen and oxygen atoms in total. The topological polar surface area (TPSA) is 117 Å². The summed E-state index contributed by atoms with van der Waals surface area (Å²) >= 11 is 1.56. The highest BCUT2D eigenvalue weighted by Gasteiger charge is 2.51. The van der Waals surface area contributed by atoms with Gasteiger partial charge in [-0.3, -0.25) is 14.9 Å². The first kappa shape index (κ1) is 20.8. The summed E-state index contributed by atoms with van der Waals surface area (Å²) in [4.78, 5) is 40.2. The third-order valence-electron chi connectivity index (χ3n) is 5.75. The van der Waals surface area contributed by atoms with Gasteiger partial charge in [-0.15, -0.1) is 0 Å². The molecule has 0 radical (unpaired) electrons. The Morgan fingerprint density at radius 3 is 2.78 bits per heavy atom. The number of benzene rings is 2. The summed E-state index contributed by atoms with van der Waals surface area (Å²) in [6.07, 6.45) is 0.170. The lowest BCUT2D eigenvalue weighted by Gasteiger charge is -2.24. The fourth-order valence-electron chi connectivity index (χ4n) is 4.19. The second-order valence-corrected chi connectivity index (χ2v) is 8.93. The third-order valence-corrected chi connectivity index (χ3v) is 6.87. The van der Waals surface area contributed by atoms with Crippen LogP contribution in [-0.4, -0.2) is 65.8 Å². The molecule has 2 amide bonds. The van der Waals surface area contributed by atoms with Gasteiger partial charge in [0, 0.05) is 18.5 Å². The van der Waals surface area contributed by atoms with Gasteiger partial charge in [0.2, 0.25) is 5.91 Å². The number of fused-ring (bicyclic) bond motifs is 2. The maximum atomic E-state index is 12.7. The summed E-state index contributed by atoms with van der Waals surface area (Å²) in [7, 11) is 0. The zero-order chi connectivity index (χ0) is 22.3. The van der Waals surface area contributed by atoms with Gasteiger partial charge < -0.3 is 24.8 Å². The minimum Gasteiger partial charge on any atom is -0.480 e. The zero-order valence-corrected chi connectivity index (χ0v) is 17.8. The molecule has 0 saturated carbocycles. The Hall–Kier alpha value is -3.08. The van der Waals surface area contributed by atoms with Crippen molar-refractivity contribution in [3.05, 3.63) is 48.0 Å². The monoisotopic (exact) mass is 455 g/mol. The number of carboxylic acids is 1. The first-order valence-corrected chi connectivity index (χ1v) is 11.0. The molecule has 3 N–H and O–H groups in total. The molecule has 2 fully saturated rings. The second kappa shape index (κ2) is 8.12. The van der Waals surface area contributed by atoms with Crippen molar-refractivity contribution in [1.29, 1.82) is 0 Å². The minimum absolute atomic E-state index is 0.127. The quantitative estimate of drug-likeness (QED) is 0.544. The number of aliphatic carboxylic acids is 1. The van der Waals surface area contributed by atoms with E-state index in [0.717, 1.165) is 15.5 Å². The molecule has 0 aliphatic carbocycles. The number of para-hydroxylation sites is 1. The van der Waals surface area contributed by atoms with Crippen molar-refractivity contribution < 1.29 is 29.0 Å². The largest absolute Gasteiger partial charge is 0.480 e. The molecule has 0 bridgehead atoms. The molecule has 3 heterocycles. The van der Waals surface area contributed by atoms with E-state index < -0.39 is 29.6 Å². The Bertz CT molecular complexity index is 1100. The highest BCUT2D eigenvalue weighted by Crippen LogP contribution is 2.46. The van der Waals surface area contributed by atoms with Crippen LogP contribution in [0, 0.1) is 0 Å². The molecular weight excluding hydrogens is 434 g/mol. The fourth-order valence-corrected chi connectivity index (χ4v) is 5.12. The molecule has 32 heavy (non-hydrogen) atoms. The van der Waals surface area contributed by atoms with Crippen LogP contribution < -0.4 is 15.4 Å². The smallest absolute Gasteiger partial charge is 0.326 e. The maximum Gasteiger partial charge on any atom is 0.326 e. The lowest BCUT2D eigenvalue weighted by molar-refractivity contribution is -0.147. The number of hydrogen-bond acceptors (Lipinski definition) is 7. The molecular formula is C22H21N3O6S. The summed E-state index contributed by atoms with van der Waals surface area (Å²) < 4.78 is 11.6. The van der Waals surface area contributed by atoms with Gasteiger partial charge in [-0.1, -0.05) is 23.9 Å². The molecule has 166 valence electrons. The Kier molecular flexibility index (Phi) is 5.28. The number of hydrogen-bond donors (Lipinski definition) is 3. The van der Waals surface area contributed by atoms with Crippen molar-refractivity contribution in [3.63, 3.8) is 0 Å². The Labute approximate surface area is 188 Å². The summed E-state index contributed by atoms with van der Waals surface area (Å²) in [5.74, 6) is -0.709. The first-order chi connectivity index (χ1) is 15.4. The number of nitrogens with zero attached hydrogens (tertiary/aromatic N) is 1. The number of nitrogens with one attached hydrogen (secondary N) is 2. The molecule has 2 atom stereocenters. The Morgan fingerprint density at radius 2 is 2.00 bits per heavy atom. The van der Waals surface area contributed by atoms with Crippen LogP contribution in [0.4, 0.5) is 0 Å². The summed E-state index contributed by atoms with van der Waals surface area (Å²) in [6.45, 7) is 0.888. The van der Waals surface area contributed by atoms with Crippen LogP contribution in [0.25, 0.3) is 0 Å². The van der Waals surface area contributed by atoms with Crippen molar-refractivity contribution in [2.75, 3.05) is 26.2 Å². The summed E-state index contributed by atoms with van der Waals surface area (Å²) in [6, 6.07) is 11.8. The van der Waals surface area contributed by atoms with Gasteiger partial charge in [-0.05, 0) is 30.3 Å². The number of carbonyl (C=O) groups excluding carboxylic acids is 2. The van der Waals surface area contributed by atoms with Gasteiger partial charge in [-0.25, -0.2) is 4.79 Å². The summed E-state index contributed by atoms with van der Waals surface area (Å²) in [5, 5.41) is 15.3. The Balaban J connectivity index is 1.24. The van der Waals surface area contributed by atoms with E-state index in [1.54, 1.807) is 30.0 Å². The highest BCUT2D eigenvalue weighted by molar-refractivity contribution is 7.99. The number of carboxylic acid groups (broad SMARTS) is 1. The van der Waals surface area contributed by atoms with Crippen molar-refractivity contribution in [2.45, 2.75) is 28.0 Å². The molecule has 2 aromatic carbocycles. The average molecular weight is 455 g/mol. The van der Waals surface area contributed by atoms with E-state index in [9.17, 15) is 19.5 Å². The van der Waals surface area contributed by atoms with Gasteiger partial charge in [-0.2, -0.15) is 0 Å². The normalized spacial score (nSPS) is 23.4. The molecule has 10 heteroatoms. The number of rotatable bonds is 4. The number of likely N-dealkylation sites (tertiary alicyclic amines) is 1. The van der Waals surface area contributed by atoms with E-state index in [1.807, 2.05) is 24.3 Å². The molecule has 2 saturated heterocycles. The molecule has 5 rings (SSSR count). The lowest BCUT2D eigenvalue weighted by Crippen LogP contribution is -2.48. The van der Waals surface area contributed by atoms with Crippen LogP contribution in [-0.2, 0) is 14.3 Å². The van der Waals surface area contributed by atoms with Gasteiger partial charge in [0.05, 0.1) is 29.5 Å². The van der Waals surface area contributed by atoms with Gasteiger partial charge in [0.1, 0.15) is 23.3 Å². The summed E-state index contributed by atoms with van der Waals surface area (Å²) in [5.41, 5.74) is -0.475. The number of amides is 2. The van der Waals surface area contributed by atoms with Crippen LogP contribution in [0.2, 0.25) is 0 Å². The Morgan fingerprint density at radius 1 is 1.19 bits per heavy atom. The molecule has 2 aromatic rings. The number of ether oxygens (including phenoxy) is 2. The molecule has 0 aromatic heterocycles. The maximum absolute atomic E-state index is 12.7. The second-order valence-electron chi connectivity index (χ2n) is 7.84. The SMILES string of the molecule is O=C(NCC(=O)N1CC2(C[C@H]1C(=O)O)NCCO2)c1ccc2c(c1)Oc1ccccc1S2. The van der Waals surface area contributed by atoms with Crippen LogP contribution in [0.5, 0.6) is 11.5 Å². The molecule has 3 aliphatic heterocycles. The van der Waals surface area contributed by atoms with Gasteiger partial charge in [0.15, 0.2) is 0 Å². The minimum atomic E-state index is -1.09. The van der Waals surface area contributed by atoms with Crippen LogP contribution in [0.15, 0.2) is 52.3 Å². The van der Waals surface area contributed by atoms with Gasteiger partial charge >= 0.3 is 5.97 Å². The third kappa shape index (κ3) is 3.81. The van der Waals surface area contributed by atoms with Gasteiger partial charge in [0.25, 0.3) is 5.91 Å². The van der Waals surface area contributed by atoms with E-state index in [2.05, 4.69) is 10.6 Å². The van der Waals surface area contributed by atoms with E-state index >= 15 is 0 Å². The van der Waals surface area contributed by atoms with Crippen molar-refractivity contribution in [3.8, 4) is 11.5 Å². The number of carbonyl (C=O) groups is 3. The van der Waals surface area contributed by atoms with Crippen molar-refractivity contribution in [2.24, 2.45) is 0 Å². The average Bonchev–Trinajstić information content (AvgIpc) is 3.42. The zero-order valence-electron chi connectivity index (χ0n) is 17.0. The molecule has 1 spiro atoms. The van der Waals surface area contributed by atoms with E-state index in [-0.39, 0.29) is 19.5 Å². The first-order valence-electron chi connectivity index (χ1n) is 10.2. The van der Waals surface area contributed by atoms with Crippen LogP contribution >= 0.6 is 11.8 Å². The van der Waals surface area contributed by atoms with E-state index in [0.29, 0.717) is 24.5 Å². The van der Waals surface area contributed by atoms with Crippen LogP contribution in [0.3, 0.4) is 0 Å². The predicted molar refractivity (Wildman–Crippen MR) is 114 cm³/mol. The fraction of sp³-hybridized carbons (Fsp3) is 0.318. The van der Waals surface area contributed by atoms with E-state index in [1.165, 1.54) is 4.90 Å².